The number of methoxy groups -OCH3 is 1. The van der Waals surface area contributed by atoms with Crippen LogP contribution >= 0.6 is 0 Å². The number of carbonyl (C=O) groups excluding carboxylic acids is 1. The molecule has 1 saturated heterocycles. The number of piperidine rings is 1. The molecule has 3 aromatic heterocycles. The first-order valence-corrected chi connectivity index (χ1v) is 16.4. The second-order valence-corrected chi connectivity index (χ2v) is 13.7. The summed E-state index contributed by atoms with van der Waals surface area (Å²) in [5, 5.41) is 0.907. The molecule has 6 rings (SSSR count). The number of carbonyl (C=O) groups is 1. The number of sulfonamides is 1. The van der Waals surface area contributed by atoms with Crippen LogP contribution in [0, 0.1) is 5.92 Å². The van der Waals surface area contributed by atoms with Crippen molar-refractivity contribution < 1.29 is 17.9 Å². The minimum atomic E-state index is -3.47. The lowest BCUT2D eigenvalue weighted by Gasteiger charge is -2.36. The van der Waals surface area contributed by atoms with Crippen molar-refractivity contribution >= 4 is 43.8 Å². The van der Waals surface area contributed by atoms with Gasteiger partial charge in [-0.05, 0) is 75.8 Å². The summed E-state index contributed by atoms with van der Waals surface area (Å²) in [6.07, 6.45) is 5.27. The zero-order valence-electron chi connectivity index (χ0n) is 24.9. The van der Waals surface area contributed by atoms with Gasteiger partial charge in [0.05, 0.1) is 24.6 Å². The highest BCUT2D eigenvalue weighted by atomic mass is 32.2. The summed E-state index contributed by atoms with van der Waals surface area (Å²) in [6, 6.07) is 9.45. The molecule has 42 heavy (non-hydrogen) atoms. The molecule has 2 N–H and O–H groups in total. The molecule has 1 saturated carbocycles. The third kappa shape index (κ3) is 5.00. The van der Waals surface area contributed by atoms with E-state index in [0.717, 1.165) is 60.3 Å². The molecule has 1 aromatic carbocycles. The summed E-state index contributed by atoms with van der Waals surface area (Å²) in [4.78, 5) is 25.4. The highest BCUT2D eigenvalue weighted by molar-refractivity contribution is 7.92. The molecule has 2 atom stereocenters. The number of benzene rings is 1. The number of rotatable bonds is 8. The average molecular weight is 594 g/mol. The molecular weight excluding hydrogens is 554 g/mol. The van der Waals surface area contributed by atoms with Gasteiger partial charge in [0.15, 0.2) is 5.82 Å². The second-order valence-electron chi connectivity index (χ2n) is 11.8. The second kappa shape index (κ2) is 10.6. The van der Waals surface area contributed by atoms with Crippen LogP contribution in [0.5, 0.6) is 5.75 Å². The number of amides is 1. The maximum atomic E-state index is 13.6. The molecule has 4 heterocycles. The molecule has 0 radical (unpaired) electrons. The number of nitrogens with two attached hydrogens (primary N) is 1. The van der Waals surface area contributed by atoms with Crippen molar-refractivity contribution in [1.29, 1.82) is 0 Å². The molecule has 0 bridgehead atoms. The van der Waals surface area contributed by atoms with E-state index in [0.29, 0.717) is 41.7 Å². The Kier molecular flexibility index (Phi) is 7.17. The van der Waals surface area contributed by atoms with Gasteiger partial charge in [0.1, 0.15) is 22.7 Å². The van der Waals surface area contributed by atoms with E-state index in [9.17, 15) is 13.2 Å². The van der Waals surface area contributed by atoms with Crippen LogP contribution < -0.4 is 14.8 Å². The summed E-state index contributed by atoms with van der Waals surface area (Å²) in [7, 11) is 0.0783. The minimum absolute atomic E-state index is 0.0263. The Morgan fingerprint density at radius 2 is 1.90 bits per heavy atom. The molecule has 1 aliphatic carbocycles. The van der Waals surface area contributed by atoms with Crippen LogP contribution in [-0.2, 0) is 23.6 Å². The number of aryl methyl sites for hydroxylation is 1. The lowest BCUT2D eigenvalue weighted by molar-refractivity contribution is 0.0612. The van der Waals surface area contributed by atoms with Gasteiger partial charge in [-0.2, -0.15) is 0 Å². The first-order valence-electron chi connectivity index (χ1n) is 14.6. The fourth-order valence-electron chi connectivity index (χ4n) is 6.15. The number of fused-ring (bicyclic) bond motifs is 2. The van der Waals surface area contributed by atoms with Gasteiger partial charge < -0.3 is 24.5 Å². The van der Waals surface area contributed by atoms with E-state index in [1.54, 1.807) is 26.2 Å². The molecule has 4 aromatic rings. The summed E-state index contributed by atoms with van der Waals surface area (Å²) < 4.78 is 36.1. The number of nitrogens with zero attached hydrogens (tertiary/aromatic N) is 6. The molecule has 1 amide bonds. The van der Waals surface area contributed by atoms with E-state index in [-0.39, 0.29) is 18.0 Å². The zero-order valence-corrected chi connectivity index (χ0v) is 25.7. The quantitative estimate of drug-likeness (QED) is 0.330. The maximum absolute atomic E-state index is 13.6. The number of likely N-dealkylation sites (tertiary alicyclic amines) is 1. The summed E-state index contributed by atoms with van der Waals surface area (Å²) >= 11 is 0. The zero-order chi connectivity index (χ0) is 29.9. The van der Waals surface area contributed by atoms with Crippen molar-refractivity contribution in [2.24, 2.45) is 18.7 Å². The predicted octanol–water partition coefficient (Wildman–Crippen LogP) is 3.75. The van der Waals surface area contributed by atoms with Crippen molar-refractivity contribution in [3.05, 3.63) is 35.9 Å². The molecular formula is C30H39N7O4S. The normalized spacial score (nSPS) is 19.5. The van der Waals surface area contributed by atoms with Gasteiger partial charge >= 0.3 is 0 Å². The topological polar surface area (TPSA) is 129 Å². The van der Waals surface area contributed by atoms with Crippen molar-refractivity contribution in [3.63, 3.8) is 0 Å². The van der Waals surface area contributed by atoms with Crippen LogP contribution in [0.1, 0.15) is 49.9 Å². The number of aromatic nitrogens is 4. The largest absolute Gasteiger partial charge is 0.494 e. The van der Waals surface area contributed by atoms with E-state index in [2.05, 4.69) is 17.6 Å². The molecule has 1 aliphatic heterocycles. The number of hydrogen-bond donors (Lipinski definition) is 1. The van der Waals surface area contributed by atoms with Crippen molar-refractivity contribution in [2.45, 2.75) is 58.2 Å². The Bertz CT molecular complexity index is 1790. The Hall–Kier alpha value is -3.64. The smallest absolute Gasteiger partial charge is 0.254 e. The van der Waals surface area contributed by atoms with Crippen LogP contribution in [-0.4, -0.2) is 76.9 Å². The SMILES string of the molecule is CCN(c1ccc2cc(-c3nc4cc(C(=O)N5CC(N)CCC5C)cc(OC)c4n3C)n(CC3CC3)c2n1)S(C)(=O)=O. The molecule has 224 valence electrons. The number of pyridine rings is 1. The summed E-state index contributed by atoms with van der Waals surface area (Å²) in [5.41, 5.74) is 9.79. The van der Waals surface area contributed by atoms with E-state index in [4.69, 9.17) is 20.4 Å². The number of ether oxygens (including phenoxy) is 1. The first-order chi connectivity index (χ1) is 20.0. The van der Waals surface area contributed by atoms with Crippen molar-refractivity contribution in [1.82, 2.24) is 24.0 Å². The summed E-state index contributed by atoms with van der Waals surface area (Å²) in [6.45, 7) is 5.44. The van der Waals surface area contributed by atoms with Crippen LogP contribution in [0.4, 0.5) is 5.82 Å². The van der Waals surface area contributed by atoms with Crippen molar-refractivity contribution in [2.75, 3.05) is 30.8 Å². The minimum Gasteiger partial charge on any atom is -0.494 e. The van der Waals surface area contributed by atoms with Gasteiger partial charge in [-0.3, -0.25) is 9.10 Å². The van der Waals surface area contributed by atoms with Gasteiger partial charge in [-0.15, -0.1) is 0 Å². The lowest BCUT2D eigenvalue weighted by Crippen LogP contribution is -2.50. The molecule has 2 aliphatic rings. The van der Waals surface area contributed by atoms with Crippen LogP contribution in [0.15, 0.2) is 30.3 Å². The fourth-order valence-corrected chi connectivity index (χ4v) is 7.06. The highest BCUT2D eigenvalue weighted by Gasteiger charge is 2.30. The van der Waals surface area contributed by atoms with Gasteiger partial charge in [-0.1, -0.05) is 0 Å². The molecule has 2 fully saturated rings. The Morgan fingerprint density at radius 3 is 2.57 bits per heavy atom. The Labute approximate surface area is 246 Å². The number of anilines is 1. The Morgan fingerprint density at radius 1 is 1.14 bits per heavy atom. The maximum Gasteiger partial charge on any atom is 0.254 e. The van der Waals surface area contributed by atoms with Crippen LogP contribution in [0.3, 0.4) is 0 Å². The molecule has 11 nitrogen and oxygen atoms in total. The van der Waals surface area contributed by atoms with Gasteiger partial charge in [-0.25, -0.2) is 18.4 Å². The third-order valence-corrected chi connectivity index (χ3v) is 9.87. The van der Waals surface area contributed by atoms with Gasteiger partial charge in [0.25, 0.3) is 5.91 Å². The highest BCUT2D eigenvalue weighted by Crippen LogP contribution is 2.38. The van der Waals surface area contributed by atoms with Crippen LogP contribution in [0.2, 0.25) is 0 Å². The third-order valence-electron chi connectivity index (χ3n) is 8.62. The molecule has 12 heteroatoms. The van der Waals surface area contributed by atoms with Crippen molar-refractivity contribution in [3.8, 4) is 17.3 Å². The monoisotopic (exact) mass is 593 g/mol. The molecule has 0 spiro atoms. The lowest BCUT2D eigenvalue weighted by atomic mass is 9.99. The summed E-state index contributed by atoms with van der Waals surface area (Å²) in [5.74, 6) is 2.15. The number of imidazole rings is 1. The molecule has 2 unspecified atom stereocenters. The first kappa shape index (κ1) is 28.5. The van der Waals surface area contributed by atoms with Gasteiger partial charge in [0, 0.05) is 49.7 Å². The predicted molar refractivity (Wildman–Crippen MR) is 164 cm³/mol. The van der Waals surface area contributed by atoms with Gasteiger partial charge in [0.2, 0.25) is 10.0 Å². The Balaban J connectivity index is 1.48. The van der Waals surface area contributed by atoms with E-state index in [1.165, 1.54) is 10.6 Å². The average Bonchev–Trinajstić information content (AvgIpc) is 3.62. The van der Waals surface area contributed by atoms with E-state index >= 15 is 0 Å². The van der Waals surface area contributed by atoms with E-state index in [1.807, 2.05) is 28.6 Å². The fraction of sp³-hybridized carbons (Fsp3) is 0.500. The standard InChI is InChI=1S/C30H39N7O4S/c1-6-37(42(5,39)40)26-12-10-20-14-24(36(28(20)33-26)16-19-8-9-19)29-32-23-13-21(15-25(41-4)27(23)34(29)3)30(38)35-17-22(31)11-7-18(35)2/h10,12-15,18-19,22H,6-9,11,16-17,31H2,1-5H3. The number of hydrogen-bond acceptors (Lipinski definition) is 7. The van der Waals surface area contributed by atoms with Crippen LogP contribution in [0.25, 0.3) is 33.6 Å². The van der Waals surface area contributed by atoms with E-state index < -0.39 is 10.0 Å².